The number of aromatic nitrogens is 1. The first-order chi connectivity index (χ1) is 14.0. The van der Waals surface area contributed by atoms with Gasteiger partial charge in [-0.05, 0) is 18.9 Å². The molecule has 4 unspecified atom stereocenters. The molecular weight excluding hydrogens is 377 g/mol. The lowest BCUT2D eigenvalue weighted by Crippen LogP contribution is -2.58. The van der Waals surface area contributed by atoms with E-state index in [2.05, 4.69) is 25.9 Å². The predicted octanol–water partition coefficient (Wildman–Crippen LogP) is -0.374. The molecule has 5 rings (SSSR count). The van der Waals surface area contributed by atoms with E-state index in [0.29, 0.717) is 11.1 Å². The Labute approximate surface area is 169 Å². The normalized spacial score (nSPS) is 33.9. The van der Waals surface area contributed by atoms with Crippen LogP contribution in [0.15, 0.2) is 18.5 Å². The lowest BCUT2D eigenvalue weighted by atomic mass is 9.77. The van der Waals surface area contributed by atoms with Crippen LogP contribution >= 0.6 is 0 Å². The van der Waals surface area contributed by atoms with Crippen molar-refractivity contribution in [2.24, 2.45) is 17.1 Å². The Balaban J connectivity index is 1.29. The number of halogens is 1. The first-order valence-electron chi connectivity index (χ1n) is 10.3. The molecule has 1 amide bonds. The van der Waals surface area contributed by atoms with Crippen molar-refractivity contribution in [1.29, 1.82) is 0 Å². The molecule has 1 aromatic heterocycles. The predicted molar refractivity (Wildman–Crippen MR) is 106 cm³/mol. The molecule has 9 nitrogen and oxygen atoms in total. The molecular formula is C19H28FN7O2. The molecule has 29 heavy (non-hydrogen) atoms. The van der Waals surface area contributed by atoms with Crippen LogP contribution in [0.4, 0.5) is 15.8 Å². The number of piperidine rings is 1. The highest BCUT2D eigenvalue weighted by Crippen LogP contribution is 2.40. The fourth-order valence-corrected chi connectivity index (χ4v) is 4.86. The van der Waals surface area contributed by atoms with E-state index in [-0.39, 0.29) is 25.2 Å². The average molecular weight is 405 g/mol. The minimum Gasteiger partial charge on any atom is -0.380 e. The summed E-state index contributed by atoms with van der Waals surface area (Å²) in [5.74, 6) is -0.732. The lowest BCUT2D eigenvalue weighted by molar-refractivity contribution is -0.124. The maximum atomic E-state index is 13.7. The first-order valence-corrected chi connectivity index (χ1v) is 10.3. The Kier molecular flexibility index (Phi) is 4.91. The molecule has 1 aromatic rings. The van der Waals surface area contributed by atoms with E-state index in [9.17, 15) is 9.18 Å². The molecule has 0 aliphatic carbocycles. The van der Waals surface area contributed by atoms with E-state index in [1.54, 1.807) is 17.4 Å². The standard InChI is InChI=1S/C19H28FN7O2/c20-12-7-23-17-15(16(21)25-27(17)9-12)18(28)24-13-8-22-4-1-14(13)26-5-2-19(3-6-26)10-29-11-19/h1,4,8,12,15-17,23,25H,2-3,5-7,9-11,21H2,(H,24,28). The van der Waals surface area contributed by atoms with Crippen LogP contribution < -0.4 is 26.7 Å². The van der Waals surface area contributed by atoms with Crippen molar-refractivity contribution >= 4 is 17.3 Å². The molecule has 5 N–H and O–H groups in total. The summed E-state index contributed by atoms with van der Waals surface area (Å²) in [6, 6.07) is 1.94. The van der Waals surface area contributed by atoms with Gasteiger partial charge in [0.1, 0.15) is 6.17 Å². The molecule has 158 valence electrons. The molecule has 5 heterocycles. The van der Waals surface area contributed by atoms with Gasteiger partial charge in [-0.2, -0.15) is 0 Å². The second kappa shape index (κ2) is 7.44. The summed E-state index contributed by atoms with van der Waals surface area (Å²) in [4.78, 5) is 19.6. The van der Waals surface area contributed by atoms with Gasteiger partial charge < -0.3 is 20.7 Å². The van der Waals surface area contributed by atoms with Crippen LogP contribution in [0.1, 0.15) is 12.8 Å². The van der Waals surface area contributed by atoms with Gasteiger partial charge in [0.2, 0.25) is 5.91 Å². The molecule has 0 bridgehead atoms. The number of nitrogens with zero attached hydrogens (tertiary/aromatic N) is 3. The summed E-state index contributed by atoms with van der Waals surface area (Å²) in [5.41, 5.74) is 11.2. The van der Waals surface area contributed by atoms with E-state index >= 15 is 0 Å². The van der Waals surface area contributed by atoms with Gasteiger partial charge in [0, 0.05) is 37.8 Å². The third kappa shape index (κ3) is 3.49. The number of carbonyl (C=O) groups is 1. The SMILES string of the molecule is NC1NN2CC(F)CNC2C1C(=O)Nc1cnccc1N1CCC2(CC1)COC2. The van der Waals surface area contributed by atoms with Gasteiger partial charge in [-0.25, -0.2) is 14.8 Å². The number of amides is 1. The first kappa shape index (κ1) is 19.1. The molecule has 4 aliphatic heterocycles. The van der Waals surface area contributed by atoms with E-state index in [4.69, 9.17) is 10.5 Å². The van der Waals surface area contributed by atoms with Crippen molar-refractivity contribution < 1.29 is 13.9 Å². The van der Waals surface area contributed by atoms with Gasteiger partial charge in [-0.1, -0.05) is 0 Å². The molecule has 4 fully saturated rings. The minimum atomic E-state index is -0.985. The molecule has 4 atom stereocenters. The van der Waals surface area contributed by atoms with Gasteiger partial charge in [-0.3, -0.25) is 15.1 Å². The topological polar surface area (TPSA) is 108 Å². The van der Waals surface area contributed by atoms with Crippen LogP contribution in [0, 0.1) is 11.3 Å². The third-order valence-corrected chi connectivity index (χ3v) is 6.66. The summed E-state index contributed by atoms with van der Waals surface area (Å²) in [6.45, 7) is 4.01. The number of alkyl halides is 1. The Bertz CT molecular complexity index is 767. The van der Waals surface area contributed by atoms with E-state index < -0.39 is 18.3 Å². The minimum absolute atomic E-state index is 0.197. The number of carbonyl (C=O) groups excluding carboxylic acids is 1. The second-order valence-electron chi connectivity index (χ2n) is 8.65. The van der Waals surface area contributed by atoms with Crippen LogP contribution in [-0.4, -0.2) is 73.8 Å². The third-order valence-electron chi connectivity index (χ3n) is 6.66. The van der Waals surface area contributed by atoms with Crippen LogP contribution in [-0.2, 0) is 9.53 Å². The number of nitrogens with two attached hydrogens (primary N) is 1. The highest BCUT2D eigenvalue weighted by molar-refractivity contribution is 5.96. The molecule has 0 aromatic carbocycles. The van der Waals surface area contributed by atoms with E-state index in [1.165, 1.54) is 0 Å². The summed E-state index contributed by atoms with van der Waals surface area (Å²) in [7, 11) is 0. The number of rotatable bonds is 3. The fourth-order valence-electron chi connectivity index (χ4n) is 4.86. The van der Waals surface area contributed by atoms with Crippen LogP contribution in [0.25, 0.3) is 0 Å². The highest BCUT2D eigenvalue weighted by Gasteiger charge is 2.47. The van der Waals surface area contributed by atoms with Crippen molar-refractivity contribution in [3.8, 4) is 0 Å². The summed E-state index contributed by atoms with van der Waals surface area (Å²) in [5, 5.41) is 7.80. The summed E-state index contributed by atoms with van der Waals surface area (Å²) >= 11 is 0. The second-order valence-corrected chi connectivity index (χ2v) is 8.65. The number of fused-ring (bicyclic) bond motifs is 1. The molecule has 0 radical (unpaired) electrons. The van der Waals surface area contributed by atoms with Gasteiger partial charge in [0.15, 0.2) is 0 Å². The zero-order chi connectivity index (χ0) is 20.0. The summed E-state index contributed by atoms with van der Waals surface area (Å²) < 4.78 is 19.1. The number of anilines is 2. The molecule has 4 aliphatic rings. The maximum absolute atomic E-state index is 13.7. The highest BCUT2D eigenvalue weighted by atomic mass is 19.1. The van der Waals surface area contributed by atoms with E-state index in [0.717, 1.165) is 44.8 Å². The number of hydrazine groups is 1. The van der Waals surface area contributed by atoms with Gasteiger partial charge >= 0.3 is 0 Å². The van der Waals surface area contributed by atoms with Crippen LogP contribution in [0.3, 0.4) is 0 Å². The molecule has 4 saturated heterocycles. The van der Waals surface area contributed by atoms with E-state index in [1.807, 2.05) is 6.07 Å². The molecule has 10 heteroatoms. The quantitative estimate of drug-likeness (QED) is 0.539. The van der Waals surface area contributed by atoms with Crippen molar-refractivity contribution in [3.05, 3.63) is 18.5 Å². The van der Waals surface area contributed by atoms with Crippen LogP contribution in [0.2, 0.25) is 0 Å². The summed E-state index contributed by atoms with van der Waals surface area (Å²) in [6.07, 6.45) is 3.72. The molecule has 0 saturated carbocycles. The van der Waals surface area contributed by atoms with Gasteiger partial charge in [0.25, 0.3) is 0 Å². The number of pyridine rings is 1. The van der Waals surface area contributed by atoms with Crippen LogP contribution in [0.5, 0.6) is 0 Å². The number of hydrogen-bond acceptors (Lipinski definition) is 8. The number of nitrogens with one attached hydrogen (secondary N) is 3. The Morgan fingerprint density at radius 3 is 2.90 bits per heavy atom. The Morgan fingerprint density at radius 1 is 1.38 bits per heavy atom. The zero-order valence-electron chi connectivity index (χ0n) is 16.3. The van der Waals surface area contributed by atoms with Crippen molar-refractivity contribution in [3.63, 3.8) is 0 Å². The van der Waals surface area contributed by atoms with Gasteiger partial charge in [-0.15, -0.1) is 0 Å². The maximum Gasteiger partial charge on any atom is 0.233 e. The smallest absolute Gasteiger partial charge is 0.233 e. The fraction of sp³-hybridized carbons (Fsp3) is 0.684. The monoisotopic (exact) mass is 405 g/mol. The van der Waals surface area contributed by atoms with Crippen molar-refractivity contribution in [2.45, 2.75) is 31.3 Å². The molecule has 1 spiro atoms. The Morgan fingerprint density at radius 2 is 2.17 bits per heavy atom. The number of hydrogen-bond donors (Lipinski definition) is 4. The lowest BCUT2D eigenvalue weighted by Gasteiger charge is -2.48. The number of ether oxygens (including phenoxy) is 1. The van der Waals surface area contributed by atoms with Crippen molar-refractivity contribution in [2.75, 3.05) is 49.6 Å². The average Bonchev–Trinajstić information content (AvgIpc) is 3.02. The largest absolute Gasteiger partial charge is 0.380 e. The van der Waals surface area contributed by atoms with Crippen molar-refractivity contribution in [1.82, 2.24) is 20.7 Å². The van der Waals surface area contributed by atoms with Gasteiger partial charge in [0.05, 0.1) is 49.0 Å². The zero-order valence-corrected chi connectivity index (χ0v) is 16.3. The Hall–Kier alpha value is -1.85.